The molecule has 0 bridgehead atoms. The highest BCUT2D eigenvalue weighted by atomic mass is 35.5. The molecule has 0 fully saturated rings. The average Bonchev–Trinajstić information content (AvgIpc) is 2.54. The van der Waals surface area contributed by atoms with Gasteiger partial charge in [0.25, 0.3) is 0 Å². The Kier molecular flexibility index (Phi) is 6.64. The Balaban J connectivity index is 2.00. The van der Waals surface area contributed by atoms with Gasteiger partial charge in [-0.05, 0) is 24.3 Å². The summed E-state index contributed by atoms with van der Waals surface area (Å²) < 4.78 is 13.7. The first-order valence-corrected chi connectivity index (χ1v) is 8.33. The highest BCUT2D eigenvalue weighted by molar-refractivity contribution is 6.39. The lowest BCUT2D eigenvalue weighted by atomic mass is 10.1. The Bertz CT molecular complexity index is 774. The number of hydrogen-bond donors (Lipinski definition) is 1. The summed E-state index contributed by atoms with van der Waals surface area (Å²) in [5.74, 6) is -1.50. The van der Waals surface area contributed by atoms with E-state index in [0.29, 0.717) is 0 Å². The summed E-state index contributed by atoms with van der Waals surface area (Å²) in [5, 5.41) is 3.29. The van der Waals surface area contributed by atoms with Crippen molar-refractivity contribution in [1.29, 1.82) is 0 Å². The molecule has 0 aliphatic rings. The largest absolute Gasteiger partial charge is 0.336 e. The molecule has 1 N–H and O–H groups in total. The predicted molar refractivity (Wildman–Crippen MR) is 97.8 cm³/mol. The number of likely N-dealkylation sites (N-methyl/N-ethyl adjacent to an activating group) is 1. The number of benzene rings is 2. The van der Waals surface area contributed by atoms with E-state index in [2.05, 4.69) is 5.32 Å². The Morgan fingerprint density at radius 3 is 2.20 bits per heavy atom. The average molecular weight is 404 g/mol. The molecule has 8 heteroatoms. The molecule has 0 saturated heterocycles. The van der Waals surface area contributed by atoms with E-state index in [9.17, 15) is 14.0 Å². The van der Waals surface area contributed by atoms with E-state index in [0.717, 1.165) is 0 Å². The van der Waals surface area contributed by atoms with Gasteiger partial charge < -0.3 is 10.2 Å². The monoisotopic (exact) mass is 402 g/mol. The Morgan fingerprint density at radius 1 is 1.04 bits per heavy atom. The Morgan fingerprint density at radius 2 is 1.60 bits per heavy atom. The van der Waals surface area contributed by atoms with Gasteiger partial charge >= 0.3 is 0 Å². The fourth-order valence-corrected chi connectivity index (χ4v) is 2.81. The number of nitrogens with one attached hydrogen (secondary N) is 1. The molecule has 2 aromatic carbocycles. The molecule has 2 rings (SSSR count). The van der Waals surface area contributed by atoms with Crippen LogP contribution in [0.4, 0.5) is 10.1 Å². The number of para-hydroxylation sites is 1. The molecule has 25 heavy (non-hydrogen) atoms. The topological polar surface area (TPSA) is 49.4 Å². The first-order chi connectivity index (χ1) is 11.8. The number of anilines is 1. The van der Waals surface area contributed by atoms with Crippen molar-refractivity contribution in [3.63, 3.8) is 0 Å². The lowest BCUT2D eigenvalue weighted by Crippen LogP contribution is -2.36. The van der Waals surface area contributed by atoms with Crippen LogP contribution < -0.4 is 5.32 Å². The van der Waals surface area contributed by atoms with E-state index >= 15 is 0 Å². The van der Waals surface area contributed by atoms with Crippen molar-refractivity contribution in [3.8, 4) is 0 Å². The maximum absolute atomic E-state index is 13.7. The lowest BCUT2D eigenvalue weighted by Gasteiger charge is -2.18. The number of carbonyl (C=O) groups excluding carboxylic acids is 2. The van der Waals surface area contributed by atoms with Gasteiger partial charge in [0.2, 0.25) is 11.8 Å². The minimum atomic E-state index is -0.568. The van der Waals surface area contributed by atoms with Crippen LogP contribution in [0.5, 0.6) is 0 Å². The molecule has 0 aliphatic carbocycles. The van der Waals surface area contributed by atoms with Crippen molar-refractivity contribution < 1.29 is 14.0 Å². The van der Waals surface area contributed by atoms with Gasteiger partial charge in [0.1, 0.15) is 5.82 Å². The fourth-order valence-electron chi connectivity index (χ4n) is 2.09. The number of hydrogen-bond acceptors (Lipinski definition) is 2. The number of nitrogens with zero attached hydrogens (tertiary/aromatic N) is 1. The number of amides is 2. The zero-order chi connectivity index (χ0) is 18.6. The van der Waals surface area contributed by atoms with Crippen molar-refractivity contribution in [2.45, 2.75) is 6.42 Å². The molecule has 132 valence electrons. The third-order valence-corrected chi connectivity index (χ3v) is 4.41. The molecule has 0 radical (unpaired) electrons. The van der Waals surface area contributed by atoms with Crippen molar-refractivity contribution >= 4 is 52.3 Å². The molecule has 0 spiro atoms. The van der Waals surface area contributed by atoms with Gasteiger partial charge in [-0.25, -0.2) is 4.39 Å². The Labute approximate surface area is 159 Å². The van der Waals surface area contributed by atoms with E-state index in [1.54, 1.807) is 18.2 Å². The van der Waals surface area contributed by atoms with Crippen LogP contribution in [0.1, 0.15) is 5.56 Å². The van der Waals surface area contributed by atoms with Crippen LogP contribution in [0.15, 0.2) is 36.4 Å². The standard InChI is InChI=1S/C17H14Cl3FN2O2/c1-23(16(25)8-10-11(18)4-3-7-14(10)21)9-15(24)22-17-12(19)5-2-6-13(17)20/h2-7H,8-9H2,1H3,(H,22,24). The molecular weight excluding hydrogens is 390 g/mol. The highest BCUT2D eigenvalue weighted by Gasteiger charge is 2.18. The van der Waals surface area contributed by atoms with Crippen molar-refractivity contribution in [2.75, 3.05) is 18.9 Å². The quantitative estimate of drug-likeness (QED) is 0.803. The minimum absolute atomic E-state index is 0.0931. The zero-order valence-electron chi connectivity index (χ0n) is 13.2. The van der Waals surface area contributed by atoms with E-state index < -0.39 is 17.6 Å². The normalized spacial score (nSPS) is 10.4. The molecule has 2 amide bonds. The van der Waals surface area contributed by atoms with E-state index in [1.807, 2.05) is 0 Å². The predicted octanol–water partition coefficient (Wildman–Crippen LogP) is 4.43. The second-order valence-electron chi connectivity index (χ2n) is 5.27. The first kappa shape index (κ1) is 19.5. The molecule has 0 aromatic heterocycles. The van der Waals surface area contributed by atoms with Crippen LogP contribution >= 0.6 is 34.8 Å². The first-order valence-electron chi connectivity index (χ1n) is 7.20. The van der Waals surface area contributed by atoms with Gasteiger partial charge in [-0.1, -0.05) is 46.9 Å². The maximum atomic E-state index is 13.7. The second-order valence-corrected chi connectivity index (χ2v) is 6.49. The van der Waals surface area contributed by atoms with Crippen molar-refractivity contribution in [1.82, 2.24) is 4.90 Å². The molecule has 0 unspecified atom stereocenters. The fraction of sp³-hybridized carbons (Fsp3) is 0.176. The van der Waals surface area contributed by atoms with Crippen LogP contribution in [0.25, 0.3) is 0 Å². The molecule has 4 nitrogen and oxygen atoms in total. The minimum Gasteiger partial charge on any atom is -0.336 e. The highest BCUT2D eigenvalue weighted by Crippen LogP contribution is 2.29. The number of halogens is 4. The van der Waals surface area contributed by atoms with Crippen LogP contribution in [0.3, 0.4) is 0 Å². The van der Waals surface area contributed by atoms with E-state index in [1.165, 1.54) is 30.1 Å². The molecule has 0 saturated carbocycles. The number of carbonyl (C=O) groups is 2. The van der Waals surface area contributed by atoms with Gasteiger partial charge in [0.05, 0.1) is 28.7 Å². The summed E-state index contributed by atoms with van der Waals surface area (Å²) in [6.07, 6.45) is -0.248. The summed E-state index contributed by atoms with van der Waals surface area (Å²) in [7, 11) is 1.44. The third kappa shape index (κ3) is 5.08. The summed E-state index contributed by atoms with van der Waals surface area (Å²) in [6.45, 7) is -0.244. The lowest BCUT2D eigenvalue weighted by molar-refractivity contribution is -0.132. The zero-order valence-corrected chi connectivity index (χ0v) is 15.4. The Hall–Kier alpha value is -1.82. The van der Waals surface area contributed by atoms with Gasteiger partial charge in [-0.3, -0.25) is 9.59 Å². The van der Waals surface area contributed by atoms with Crippen LogP contribution in [-0.2, 0) is 16.0 Å². The molecule has 0 atom stereocenters. The molecular formula is C17H14Cl3FN2O2. The number of rotatable bonds is 5. The summed E-state index contributed by atoms with van der Waals surface area (Å²) in [5.41, 5.74) is 0.365. The van der Waals surface area contributed by atoms with E-state index in [4.69, 9.17) is 34.8 Å². The van der Waals surface area contributed by atoms with Crippen LogP contribution in [0, 0.1) is 5.82 Å². The van der Waals surface area contributed by atoms with Crippen LogP contribution in [-0.4, -0.2) is 30.3 Å². The maximum Gasteiger partial charge on any atom is 0.244 e. The van der Waals surface area contributed by atoms with Crippen molar-refractivity contribution in [2.24, 2.45) is 0 Å². The van der Waals surface area contributed by atoms with Gasteiger partial charge in [-0.15, -0.1) is 0 Å². The molecule has 0 heterocycles. The van der Waals surface area contributed by atoms with Gasteiger partial charge in [0.15, 0.2) is 0 Å². The summed E-state index contributed by atoms with van der Waals surface area (Å²) in [4.78, 5) is 25.5. The summed E-state index contributed by atoms with van der Waals surface area (Å²) >= 11 is 17.9. The third-order valence-electron chi connectivity index (χ3n) is 3.42. The second kappa shape index (κ2) is 8.52. The van der Waals surface area contributed by atoms with Crippen molar-refractivity contribution in [3.05, 3.63) is 62.8 Å². The summed E-state index contributed by atoms with van der Waals surface area (Å²) in [6, 6.07) is 8.99. The van der Waals surface area contributed by atoms with Gasteiger partial charge in [0, 0.05) is 17.6 Å². The smallest absolute Gasteiger partial charge is 0.244 e. The van der Waals surface area contributed by atoms with Gasteiger partial charge in [-0.2, -0.15) is 0 Å². The molecule has 0 aliphatic heterocycles. The van der Waals surface area contributed by atoms with E-state index in [-0.39, 0.29) is 39.3 Å². The SMILES string of the molecule is CN(CC(=O)Nc1c(Cl)cccc1Cl)C(=O)Cc1c(F)cccc1Cl. The molecule has 2 aromatic rings. The van der Waals surface area contributed by atoms with Crippen LogP contribution in [0.2, 0.25) is 15.1 Å².